The lowest BCUT2D eigenvalue weighted by Crippen LogP contribution is -2.18. The molecule has 0 saturated heterocycles. The van der Waals surface area contributed by atoms with E-state index in [0.29, 0.717) is 27.5 Å². The monoisotopic (exact) mass is 386 g/mol. The Labute approximate surface area is 158 Å². The van der Waals surface area contributed by atoms with E-state index in [1.54, 1.807) is 22.8 Å². The number of hydrogen-bond acceptors (Lipinski definition) is 4. The first kappa shape index (κ1) is 17.5. The van der Waals surface area contributed by atoms with Crippen molar-refractivity contribution in [3.05, 3.63) is 69.2 Å². The van der Waals surface area contributed by atoms with E-state index >= 15 is 0 Å². The normalized spacial score (nSPS) is 11.6. The molecule has 8 heteroatoms. The van der Waals surface area contributed by atoms with E-state index in [4.69, 9.17) is 16.1 Å². The number of imidazole rings is 1. The van der Waals surface area contributed by atoms with Gasteiger partial charge in [-0.2, -0.15) is 4.98 Å². The van der Waals surface area contributed by atoms with Gasteiger partial charge < -0.3 is 9.51 Å². The van der Waals surface area contributed by atoms with Gasteiger partial charge >= 0.3 is 5.69 Å². The van der Waals surface area contributed by atoms with E-state index in [0.717, 1.165) is 5.52 Å². The number of H-pyrrole nitrogens is 1. The van der Waals surface area contributed by atoms with Crippen LogP contribution in [-0.2, 0) is 6.42 Å². The lowest BCUT2D eigenvalue weighted by molar-refractivity contribution is 0.384. The van der Waals surface area contributed by atoms with Crippen molar-refractivity contribution in [1.82, 2.24) is 19.7 Å². The summed E-state index contributed by atoms with van der Waals surface area (Å²) in [7, 11) is 0. The Hall–Kier alpha value is -2.93. The Morgan fingerprint density at radius 3 is 2.85 bits per heavy atom. The second-order valence-corrected chi connectivity index (χ2v) is 6.92. The van der Waals surface area contributed by atoms with Crippen LogP contribution < -0.4 is 5.69 Å². The fraction of sp³-hybridized carbons (Fsp3) is 0.211. The molecule has 2 aromatic carbocycles. The van der Waals surface area contributed by atoms with Crippen LogP contribution >= 0.6 is 11.6 Å². The van der Waals surface area contributed by atoms with Crippen molar-refractivity contribution in [2.24, 2.45) is 0 Å². The predicted molar refractivity (Wildman–Crippen MR) is 100 cm³/mol. The third-order valence-corrected chi connectivity index (χ3v) is 4.70. The number of fused-ring (bicyclic) bond motifs is 1. The van der Waals surface area contributed by atoms with Crippen LogP contribution in [0.3, 0.4) is 0 Å². The van der Waals surface area contributed by atoms with Crippen LogP contribution in [0.4, 0.5) is 4.39 Å². The maximum absolute atomic E-state index is 13.9. The summed E-state index contributed by atoms with van der Waals surface area (Å²) in [6, 6.07) is 9.98. The van der Waals surface area contributed by atoms with E-state index in [1.165, 1.54) is 6.07 Å². The summed E-state index contributed by atoms with van der Waals surface area (Å²) in [5, 5.41) is 4.27. The topological polar surface area (TPSA) is 76.7 Å². The highest BCUT2D eigenvalue weighted by Gasteiger charge is 2.16. The Balaban J connectivity index is 1.68. The fourth-order valence-corrected chi connectivity index (χ4v) is 3.31. The molecule has 4 rings (SSSR count). The number of aromatic nitrogens is 4. The van der Waals surface area contributed by atoms with Gasteiger partial charge in [0.1, 0.15) is 5.82 Å². The zero-order chi connectivity index (χ0) is 19.1. The van der Waals surface area contributed by atoms with Gasteiger partial charge in [-0.05, 0) is 44.2 Å². The third kappa shape index (κ3) is 3.14. The Kier molecular flexibility index (Phi) is 4.31. The van der Waals surface area contributed by atoms with Crippen molar-refractivity contribution in [3.8, 4) is 11.4 Å². The molecule has 0 bridgehead atoms. The molecule has 4 aromatic rings. The van der Waals surface area contributed by atoms with E-state index < -0.39 is 5.82 Å². The Morgan fingerprint density at radius 1 is 1.30 bits per heavy atom. The molecule has 0 aliphatic rings. The van der Waals surface area contributed by atoms with E-state index in [9.17, 15) is 9.18 Å². The van der Waals surface area contributed by atoms with Crippen LogP contribution in [0, 0.1) is 5.82 Å². The van der Waals surface area contributed by atoms with Crippen LogP contribution in [0.25, 0.3) is 22.4 Å². The van der Waals surface area contributed by atoms with Crippen molar-refractivity contribution in [3.63, 3.8) is 0 Å². The van der Waals surface area contributed by atoms with Gasteiger partial charge in [0.2, 0.25) is 11.7 Å². The zero-order valence-corrected chi connectivity index (χ0v) is 15.4. The molecule has 0 saturated carbocycles. The van der Waals surface area contributed by atoms with Gasteiger partial charge in [0.05, 0.1) is 17.5 Å². The molecule has 6 nitrogen and oxygen atoms in total. The Morgan fingerprint density at radius 2 is 2.11 bits per heavy atom. The molecule has 27 heavy (non-hydrogen) atoms. The SMILES string of the molecule is CC(C)n1c(=O)[nH]c2cc(-c3noc(Cc4c(F)cccc4Cl)n3)ccc21. The average molecular weight is 387 g/mol. The van der Waals surface area contributed by atoms with E-state index in [2.05, 4.69) is 15.1 Å². The zero-order valence-electron chi connectivity index (χ0n) is 14.7. The molecule has 0 spiro atoms. The van der Waals surface area contributed by atoms with Crippen molar-refractivity contribution >= 4 is 22.6 Å². The van der Waals surface area contributed by atoms with Gasteiger partial charge in [0.15, 0.2) is 0 Å². The van der Waals surface area contributed by atoms with Crippen molar-refractivity contribution in [1.29, 1.82) is 0 Å². The maximum atomic E-state index is 13.9. The average Bonchev–Trinajstić information content (AvgIpc) is 3.20. The molecule has 0 aliphatic carbocycles. The van der Waals surface area contributed by atoms with Crippen LogP contribution in [0.1, 0.15) is 31.3 Å². The largest absolute Gasteiger partial charge is 0.339 e. The molecule has 138 valence electrons. The summed E-state index contributed by atoms with van der Waals surface area (Å²) in [4.78, 5) is 19.3. The number of hydrogen-bond donors (Lipinski definition) is 1. The van der Waals surface area contributed by atoms with Gasteiger partial charge in [0, 0.05) is 22.2 Å². The molecule has 0 atom stereocenters. The number of halogens is 2. The first-order chi connectivity index (χ1) is 12.9. The van der Waals surface area contributed by atoms with Crippen LogP contribution in [-0.4, -0.2) is 19.7 Å². The molecule has 0 radical (unpaired) electrons. The van der Waals surface area contributed by atoms with Crippen LogP contribution in [0.5, 0.6) is 0 Å². The first-order valence-electron chi connectivity index (χ1n) is 8.44. The summed E-state index contributed by atoms with van der Waals surface area (Å²) < 4.78 is 20.9. The summed E-state index contributed by atoms with van der Waals surface area (Å²) in [6.45, 7) is 3.89. The minimum Gasteiger partial charge on any atom is -0.339 e. The molecule has 0 amide bonds. The highest BCUT2D eigenvalue weighted by Crippen LogP contribution is 2.25. The number of rotatable bonds is 4. The van der Waals surface area contributed by atoms with Crippen molar-refractivity contribution < 1.29 is 8.91 Å². The van der Waals surface area contributed by atoms with Crippen LogP contribution in [0.15, 0.2) is 45.7 Å². The lowest BCUT2D eigenvalue weighted by Gasteiger charge is -2.06. The highest BCUT2D eigenvalue weighted by molar-refractivity contribution is 6.31. The third-order valence-electron chi connectivity index (χ3n) is 4.35. The molecular formula is C19H16ClFN4O2. The maximum Gasteiger partial charge on any atom is 0.326 e. The predicted octanol–water partition coefficient (Wildman–Crippen LogP) is 4.34. The second-order valence-electron chi connectivity index (χ2n) is 6.51. The van der Waals surface area contributed by atoms with Crippen molar-refractivity contribution in [2.75, 3.05) is 0 Å². The molecule has 0 fully saturated rings. The lowest BCUT2D eigenvalue weighted by atomic mass is 10.1. The molecular weight excluding hydrogens is 371 g/mol. The molecule has 1 N–H and O–H groups in total. The fourth-order valence-electron chi connectivity index (χ4n) is 3.08. The van der Waals surface area contributed by atoms with Gasteiger partial charge in [-0.3, -0.25) is 4.57 Å². The number of nitrogens with zero attached hydrogens (tertiary/aromatic N) is 3. The minimum absolute atomic E-state index is 0.0411. The number of aromatic amines is 1. The van der Waals surface area contributed by atoms with E-state index in [1.807, 2.05) is 26.0 Å². The Bertz CT molecular complexity index is 1170. The van der Waals surface area contributed by atoms with Crippen LogP contribution in [0.2, 0.25) is 5.02 Å². The van der Waals surface area contributed by atoms with Crippen molar-refractivity contribution in [2.45, 2.75) is 26.3 Å². The summed E-state index contributed by atoms with van der Waals surface area (Å²) >= 11 is 6.05. The number of nitrogens with one attached hydrogen (secondary N) is 1. The molecule has 2 heterocycles. The van der Waals surface area contributed by atoms with Gasteiger partial charge in [-0.1, -0.05) is 22.8 Å². The smallest absolute Gasteiger partial charge is 0.326 e. The quantitative estimate of drug-likeness (QED) is 0.566. The van der Waals surface area contributed by atoms with Gasteiger partial charge in [0.25, 0.3) is 0 Å². The standard InChI is InChI=1S/C19H16ClFN4O2/c1-10(2)25-16-7-6-11(8-15(16)22-19(25)26)18-23-17(27-24-18)9-12-13(20)4-3-5-14(12)21/h3-8,10H,9H2,1-2H3,(H,22,26). The molecule has 0 aliphatic heterocycles. The second kappa shape index (κ2) is 6.66. The number of benzene rings is 2. The summed E-state index contributed by atoms with van der Waals surface area (Å²) in [5.74, 6) is 0.194. The van der Waals surface area contributed by atoms with Gasteiger partial charge in [-0.15, -0.1) is 0 Å². The minimum atomic E-state index is -0.420. The molecule has 0 unspecified atom stereocenters. The van der Waals surface area contributed by atoms with Gasteiger partial charge in [-0.25, -0.2) is 9.18 Å². The molecule has 2 aromatic heterocycles. The summed E-state index contributed by atoms with van der Waals surface area (Å²) in [6.07, 6.45) is 0.0985. The highest BCUT2D eigenvalue weighted by atomic mass is 35.5. The summed E-state index contributed by atoms with van der Waals surface area (Å²) in [5.41, 5.74) is 2.33. The first-order valence-corrected chi connectivity index (χ1v) is 8.82. The van der Waals surface area contributed by atoms with E-state index in [-0.39, 0.29) is 24.0 Å².